The molecule has 1 aromatic carbocycles. The number of fused-ring (bicyclic) bond motifs is 1. The van der Waals surface area contributed by atoms with Gasteiger partial charge in [0.2, 0.25) is 11.8 Å². The number of carbonyl (C=O) groups is 3. The topological polar surface area (TPSA) is 160 Å². The number of carbonyl (C=O) groups excluding carboxylic acids is 2. The van der Waals surface area contributed by atoms with E-state index in [4.69, 9.17) is 20.3 Å². The molecule has 0 saturated carbocycles. The Kier molecular flexibility index (Phi) is 13.6. The summed E-state index contributed by atoms with van der Waals surface area (Å²) in [7, 11) is 3.77. The largest absolute Gasteiger partial charge is 0.481 e. The first-order chi connectivity index (χ1) is 17.8. The summed E-state index contributed by atoms with van der Waals surface area (Å²) in [6, 6.07) is 9.10. The molecule has 0 saturated heterocycles. The van der Waals surface area contributed by atoms with Crippen LogP contribution < -0.4 is 21.8 Å². The van der Waals surface area contributed by atoms with Crippen LogP contribution in [0, 0.1) is 0 Å². The van der Waals surface area contributed by atoms with Gasteiger partial charge in [-0.15, -0.1) is 0 Å². The molecular formula is C25H40N6O6. The van der Waals surface area contributed by atoms with Crippen LogP contribution in [-0.4, -0.2) is 92.1 Å². The maximum atomic E-state index is 12.8. The number of nitrogens with one attached hydrogen (secondary N) is 3. The van der Waals surface area contributed by atoms with E-state index in [1.807, 2.05) is 43.4 Å². The Bertz CT molecular complexity index is 997. The SMILES string of the molecule is CNN(C)Cc1cc2ccccc2n1CCC(=O)NC(CCC(=O)O)C(=O)NCCOCCOCCN. The summed E-state index contributed by atoms with van der Waals surface area (Å²) in [5.41, 5.74) is 10.5. The van der Waals surface area contributed by atoms with Crippen LogP contribution in [0.4, 0.5) is 0 Å². The lowest BCUT2D eigenvalue weighted by Crippen LogP contribution is -2.47. The first-order valence-electron chi connectivity index (χ1n) is 12.5. The molecule has 0 aliphatic carbocycles. The van der Waals surface area contributed by atoms with E-state index in [2.05, 4.69) is 26.7 Å². The summed E-state index contributed by atoms with van der Waals surface area (Å²) >= 11 is 0. The Morgan fingerprint density at radius 1 is 1.11 bits per heavy atom. The van der Waals surface area contributed by atoms with Gasteiger partial charge in [-0.25, -0.2) is 5.01 Å². The Morgan fingerprint density at radius 3 is 2.54 bits per heavy atom. The molecule has 0 bridgehead atoms. The highest BCUT2D eigenvalue weighted by Crippen LogP contribution is 2.21. The van der Waals surface area contributed by atoms with Gasteiger partial charge in [0.05, 0.1) is 33.0 Å². The fourth-order valence-electron chi connectivity index (χ4n) is 3.78. The number of para-hydroxylation sites is 1. The molecule has 206 valence electrons. The number of amides is 2. The van der Waals surface area contributed by atoms with Crippen molar-refractivity contribution in [2.45, 2.75) is 38.4 Å². The Morgan fingerprint density at radius 2 is 1.84 bits per heavy atom. The highest BCUT2D eigenvalue weighted by Gasteiger charge is 2.22. The molecule has 12 nitrogen and oxygen atoms in total. The standard InChI is InChI=1S/C25H40N6O6/c1-27-30(2)18-20-17-19-5-3-4-6-22(19)31(20)12-9-23(32)29-21(7-8-24(33)34)25(35)28-11-14-37-16-15-36-13-10-26/h3-6,17,21,27H,7-16,18,26H2,1-2H3,(H,28,35)(H,29,32)(H,33,34). The van der Waals surface area contributed by atoms with Crippen molar-refractivity contribution in [2.24, 2.45) is 5.73 Å². The lowest BCUT2D eigenvalue weighted by molar-refractivity contribution is -0.138. The third kappa shape index (κ3) is 10.9. The predicted molar refractivity (Wildman–Crippen MR) is 140 cm³/mol. The van der Waals surface area contributed by atoms with Gasteiger partial charge in [-0.3, -0.25) is 19.8 Å². The molecule has 2 aromatic rings. The van der Waals surface area contributed by atoms with E-state index in [1.165, 1.54) is 0 Å². The van der Waals surface area contributed by atoms with Gasteiger partial charge in [-0.05, 0) is 31.0 Å². The minimum Gasteiger partial charge on any atom is -0.481 e. The summed E-state index contributed by atoms with van der Waals surface area (Å²) in [6.07, 6.45) is -0.112. The third-order valence-corrected chi connectivity index (χ3v) is 5.72. The first-order valence-corrected chi connectivity index (χ1v) is 12.5. The maximum absolute atomic E-state index is 12.8. The number of hydrogen-bond donors (Lipinski definition) is 5. The number of carboxylic acids is 1. The Hall–Kier alpha value is -3.03. The summed E-state index contributed by atoms with van der Waals surface area (Å²) in [4.78, 5) is 36.5. The lowest BCUT2D eigenvalue weighted by Gasteiger charge is -2.19. The molecule has 2 amide bonds. The maximum Gasteiger partial charge on any atom is 0.303 e. The van der Waals surface area contributed by atoms with Gasteiger partial charge in [-0.1, -0.05) is 18.2 Å². The van der Waals surface area contributed by atoms with Crippen molar-refractivity contribution in [1.29, 1.82) is 0 Å². The predicted octanol–water partition coefficient (Wildman–Crippen LogP) is 0.0553. The van der Waals surface area contributed by atoms with E-state index in [9.17, 15) is 14.4 Å². The number of aromatic nitrogens is 1. The molecule has 1 heterocycles. The highest BCUT2D eigenvalue weighted by molar-refractivity contribution is 5.88. The van der Waals surface area contributed by atoms with Crippen molar-refractivity contribution in [3.8, 4) is 0 Å². The first kappa shape index (κ1) is 30.2. The number of nitrogens with two attached hydrogens (primary N) is 1. The molecule has 0 spiro atoms. The van der Waals surface area contributed by atoms with Crippen LogP contribution >= 0.6 is 0 Å². The van der Waals surface area contributed by atoms with E-state index in [-0.39, 0.29) is 38.3 Å². The van der Waals surface area contributed by atoms with E-state index in [1.54, 1.807) is 0 Å². The molecule has 1 unspecified atom stereocenters. The Labute approximate surface area is 217 Å². The molecule has 37 heavy (non-hydrogen) atoms. The number of hydrogen-bond acceptors (Lipinski definition) is 8. The van der Waals surface area contributed by atoms with Crippen LogP contribution in [0.3, 0.4) is 0 Å². The number of aryl methyl sites for hydroxylation is 1. The number of rotatable bonds is 19. The zero-order valence-corrected chi connectivity index (χ0v) is 21.7. The van der Waals surface area contributed by atoms with Crippen molar-refractivity contribution < 1.29 is 29.0 Å². The number of benzene rings is 1. The summed E-state index contributed by atoms with van der Waals surface area (Å²) in [6.45, 7) is 3.23. The molecule has 1 aromatic heterocycles. The van der Waals surface area contributed by atoms with Crippen LogP contribution in [-0.2, 0) is 36.9 Å². The van der Waals surface area contributed by atoms with Gasteiger partial charge in [-0.2, -0.15) is 0 Å². The second-order valence-corrected chi connectivity index (χ2v) is 8.53. The van der Waals surface area contributed by atoms with Crippen molar-refractivity contribution in [1.82, 2.24) is 25.6 Å². The Balaban J connectivity index is 1.92. The summed E-state index contributed by atoms with van der Waals surface area (Å²) < 4.78 is 12.7. The quantitative estimate of drug-likeness (QED) is 0.127. The van der Waals surface area contributed by atoms with Gasteiger partial charge >= 0.3 is 5.97 Å². The van der Waals surface area contributed by atoms with Crippen LogP contribution in [0.5, 0.6) is 0 Å². The minimum absolute atomic E-state index is 0.00857. The third-order valence-electron chi connectivity index (χ3n) is 5.72. The molecule has 0 fully saturated rings. The smallest absolute Gasteiger partial charge is 0.303 e. The molecule has 2 rings (SSSR count). The van der Waals surface area contributed by atoms with Gasteiger partial charge < -0.3 is 35.5 Å². The number of nitrogens with zero attached hydrogens (tertiary/aromatic N) is 2. The van der Waals surface area contributed by atoms with Crippen molar-refractivity contribution in [3.63, 3.8) is 0 Å². The van der Waals surface area contributed by atoms with Crippen LogP contribution in [0.15, 0.2) is 30.3 Å². The van der Waals surface area contributed by atoms with E-state index in [0.717, 1.165) is 16.6 Å². The number of hydrazine groups is 1. The number of aliphatic carboxylic acids is 1. The number of carboxylic acid groups (broad SMARTS) is 1. The van der Waals surface area contributed by atoms with Crippen LogP contribution in [0.1, 0.15) is 25.0 Å². The summed E-state index contributed by atoms with van der Waals surface area (Å²) in [5, 5.41) is 17.5. The van der Waals surface area contributed by atoms with Gasteiger partial charge in [0.15, 0.2) is 0 Å². The van der Waals surface area contributed by atoms with Gasteiger partial charge in [0, 0.05) is 50.7 Å². The molecule has 0 radical (unpaired) electrons. The highest BCUT2D eigenvalue weighted by atomic mass is 16.5. The van der Waals surface area contributed by atoms with Gasteiger partial charge in [0.25, 0.3) is 0 Å². The number of ether oxygens (including phenoxy) is 2. The van der Waals surface area contributed by atoms with E-state index in [0.29, 0.717) is 39.5 Å². The fraction of sp³-hybridized carbons (Fsp3) is 0.560. The average Bonchev–Trinajstić information content (AvgIpc) is 3.23. The molecule has 0 aliphatic heterocycles. The summed E-state index contributed by atoms with van der Waals surface area (Å²) in [5.74, 6) is -1.81. The van der Waals surface area contributed by atoms with Crippen LogP contribution in [0.25, 0.3) is 10.9 Å². The zero-order chi connectivity index (χ0) is 27.0. The molecule has 6 N–H and O–H groups in total. The lowest BCUT2D eigenvalue weighted by atomic mass is 10.1. The molecular weight excluding hydrogens is 480 g/mol. The molecule has 12 heteroatoms. The molecule has 0 aliphatic rings. The van der Waals surface area contributed by atoms with Gasteiger partial charge in [0.1, 0.15) is 6.04 Å². The van der Waals surface area contributed by atoms with Crippen molar-refractivity contribution in [2.75, 3.05) is 53.6 Å². The van der Waals surface area contributed by atoms with E-state index < -0.39 is 17.9 Å². The average molecular weight is 521 g/mol. The second kappa shape index (κ2) is 16.7. The zero-order valence-electron chi connectivity index (χ0n) is 21.7. The normalized spacial score (nSPS) is 12.1. The second-order valence-electron chi connectivity index (χ2n) is 8.53. The van der Waals surface area contributed by atoms with E-state index >= 15 is 0 Å². The fourth-order valence-corrected chi connectivity index (χ4v) is 3.78. The van der Waals surface area contributed by atoms with Crippen LogP contribution in [0.2, 0.25) is 0 Å². The minimum atomic E-state index is -1.04. The van der Waals surface area contributed by atoms with Crippen molar-refractivity contribution >= 4 is 28.7 Å². The molecule has 1 atom stereocenters. The monoisotopic (exact) mass is 520 g/mol. The van der Waals surface area contributed by atoms with Crippen molar-refractivity contribution in [3.05, 3.63) is 36.0 Å².